The second kappa shape index (κ2) is 11.4. The van der Waals surface area contributed by atoms with Crippen LogP contribution in [0.15, 0.2) is 24.3 Å². The van der Waals surface area contributed by atoms with Crippen LogP contribution in [0.5, 0.6) is 0 Å². The molecule has 0 amide bonds. The monoisotopic (exact) mass is 583 g/mol. The number of hydrogen-bond acceptors (Lipinski definition) is 0. The molecule has 3 heteroatoms. The molecule has 0 fully saturated rings. The summed E-state index contributed by atoms with van der Waals surface area (Å²) in [5, 5.41) is 0. The Kier molecular flexibility index (Phi) is 11.3. The third-order valence-corrected chi connectivity index (χ3v) is 6.42. The molecule has 2 aliphatic rings. The van der Waals surface area contributed by atoms with Gasteiger partial charge in [-0.25, -0.2) is 6.42 Å². The molecular formula is C24H28Y3-2. The largest absolute Gasteiger partial charge is 0.332 e. The standard InChI is InChI=1S/C24H28.3Y/c1-15-9-12-22-20(13-15)14-17(3)18(4)24(22)23-16(2)10-11-19-7-5-6-8-21(19)23;;;/h6-8,10,14-16,23H,9,11-13H2,1-4H3;;;/q-2;;;/t15-,16?,23+;;;/m1.../s1. The van der Waals surface area contributed by atoms with Crippen molar-refractivity contribution < 1.29 is 98.1 Å². The predicted molar refractivity (Wildman–Crippen MR) is 101 cm³/mol. The second-order valence-electron chi connectivity index (χ2n) is 8.12. The molecule has 0 saturated carbocycles. The van der Waals surface area contributed by atoms with Crippen molar-refractivity contribution in [2.75, 3.05) is 0 Å². The Morgan fingerprint density at radius 3 is 2.56 bits per heavy atom. The molecule has 0 spiro atoms. The van der Waals surface area contributed by atoms with E-state index in [9.17, 15) is 0 Å². The average Bonchev–Trinajstić information content (AvgIpc) is 2.57. The molecular weight excluding hydrogens is 555 g/mol. The minimum atomic E-state index is 0. The maximum atomic E-state index is 3.28. The van der Waals surface area contributed by atoms with E-state index in [0.717, 1.165) is 12.3 Å². The van der Waals surface area contributed by atoms with Gasteiger partial charge in [0.25, 0.3) is 0 Å². The van der Waals surface area contributed by atoms with Crippen LogP contribution >= 0.6 is 0 Å². The van der Waals surface area contributed by atoms with Gasteiger partial charge in [-0.15, -0.1) is 0 Å². The Morgan fingerprint density at radius 2 is 1.81 bits per heavy atom. The first-order chi connectivity index (χ1) is 11.6. The molecule has 0 heterocycles. The summed E-state index contributed by atoms with van der Waals surface area (Å²) in [7, 11) is 0. The van der Waals surface area contributed by atoms with Crippen LogP contribution in [-0.2, 0) is 117 Å². The Balaban J connectivity index is 0.00000121. The molecule has 0 nitrogen and oxygen atoms in total. The smallest absolute Gasteiger partial charge is 0 e. The van der Waals surface area contributed by atoms with Crippen LogP contribution in [0.25, 0.3) is 0 Å². The molecule has 0 aliphatic heterocycles. The van der Waals surface area contributed by atoms with Gasteiger partial charge in [0.15, 0.2) is 0 Å². The second-order valence-corrected chi connectivity index (χ2v) is 8.12. The summed E-state index contributed by atoms with van der Waals surface area (Å²) in [6.45, 7) is 9.46. The number of hydrogen-bond donors (Lipinski definition) is 0. The Bertz CT molecular complexity index is 781. The van der Waals surface area contributed by atoms with Gasteiger partial charge in [-0.2, -0.15) is 41.3 Å². The summed E-state index contributed by atoms with van der Waals surface area (Å²) < 4.78 is 0. The number of rotatable bonds is 1. The van der Waals surface area contributed by atoms with Crippen LogP contribution in [0.3, 0.4) is 0 Å². The van der Waals surface area contributed by atoms with E-state index < -0.39 is 0 Å². The summed E-state index contributed by atoms with van der Waals surface area (Å²) in [5.74, 6) is 1.94. The van der Waals surface area contributed by atoms with Crippen molar-refractivity contribution in [2.24, 2.45) is 11.8 Å². The maximum Gasteiger partial charge on any atom is 0 e. The number of fused-ring (bicyclic) bond motifs is 2. The Labute approximate surface area is 241 Å². The summed E-state index contributed by atoms with van der Waals surface area (Å²) in [6.07, 6.45) is 7.45. The van der Waals surface area contributed by atoms with Gasteiger partial charge in [0.05, 0.1) is 0 Å². The van der Waals surface area contributed by atoms with Crippen molar-refractivity contribution >= 4 is 0 Å². The Morgan fingerprint density at radius 1 is 1.07 bits per heavy atom. The zero-order valence-corrected chi connectivity index (χ0v) is 25.7. The minimum absolute atomic E-state index is 0. The fraction of sp³-hybridized carbons (Fsp3) is 0.458. The van der Waals surface area contributed by atoms with Crippen molar-refractivity contribution in [2.45, 2.75) is 59.3 Å². The normalized spacial score (nSPS) is 23.0. The van der Waals surface area contributed by atoms with Crippen LogP contribution in [0, 0.1) is 38.2 Å². The molecule has 0 bridgehead atoms. The summed E-state index contributed by atoms with van der Waals surface area (Å²) in [4.78, 5) is 0. The van der Waals surface area contributed by atoms with Crippen molar-refractivity contribution in [1.29, 1.82) is 0 Å². The molecule has 27 heavy (non-hydrogen) atoms. The SMILES string of the molecule is Cc1cc2c(c([C@@H]3c4cc[c-]cc4C[CH-]C3C)c1C)CC[C@@H](C)C2.[Y].[Y].[Y]. The first-order valence-electron chi connectivity index (χ1n) is 9.50. The molecule has 135 valence electrons. The van der Waals surface area contributed by atoms with E-state index in [1.54, 1.807) is 22.3 Å². The molecule has 2 aromatic rings. The van der Waals surface area contributed by atoms with E-state index in [1.165, 1.54) is 36.0 Å². The first-order valence-corrected chi connectivity index (χ1v) is 9.50. The van der Waals surface area contributed by atoms with E-state index in [2.05, 4.69) is 64.4 Å². The molecule has 4 rings (SSSR count). The van der Waals surface area contributed by atoms with Crippen LogP contribution in [-0.4, -0.2) is 0 Å². The average molecular weight is 583 g/mol. The van der Waals surface area contributed by atoms with Gasteiger partial charge in [-0.1, -0.05) is 19.9 Å². The molecule has 2 aliphatic carbocycles. The summed E-state index contributed by atoms with van der Waals surface area (Å²) in [5.41, 5.74) is 10.9. The topological polar surface area (TPSA) is 0 Å². The van der Waals surface area contributed by atoms with Crippen LogP contribution < -0.4 is 0 Å². The van der Waals surface area contributed by atoms with Gasteiger partial charge < -0.3 is 6.42 Å². The Hall–Kier alpha value is 1.75. The zero-order chi connectivity index (χ0) is 16.8. The van der Waals surface area contributed by atoms with E-state index in [1.807, 2.05) is 0 Å². The van der Waals surface area contributed by atoms with Crippen LogP contribution in [0.1, 0.15) is 65.1 Å². The molecule has 1 unspecified atom stereocenters. The van der Waals surface area contributed by atoms with Crippen molar-refractivity contribution in [3.8, 4) is 0 Å². The van der Waals surface area contributed by atoms with E-state index in [0.29, 0.717) is 11.8 Å². The molecule has 0 saturated heterocycles. The molecule has 0 aromatic heterocycles. The van der Waals surface area contributed by atoms with Crippen molar-refractivity contribution in [3.05, 3.63) is 75.7 Å². The van der Waals surface area contributed by atoms with Gasteiger partial charge in [-0.3, -0.25) is 0 Å². The maximum absolute atomic E-state index is 3.28. The van der Waals surface area contributed by atoms with E-state index >= 15 is 0 Å². The van der Waals surface area contributed by atoms with Gasteiger partial charge in [0.2, 0.25) is 0 Å². The van der Waals surface area contributed by atoms with Gasteiger partial charge in [0.1, 0.15) is 0 Å². The van der Waals surface area contributed by atoms with Crippen molar-refractivity contribution in [1.82, 2.24) is 0 Å². The van der Waals surface area contributed by atoms with E-state index in [-0.39, 0.29) is 98.1 Å². The molecule has 3 radical (unpaired) electrons. The van der Waals surface area contributed by atoms with E-state index in [4.69, 9.17) is 0 Å². The molecule has 3 atom stereocenters. The van der Waals surface area contributed by atoms with Crippen LogP contribution in [0.2, 0.25) is 0 Å². The van der Waals surface area contributed by atoms with Crippen LogP contribution in [0.4, 0.5) is 0 Å². The van der Waals surface area contributed by atoms with Gasteiger partial charge >= 0.3 is 0 Å². The van der Waals surface area contributed by atoms with Gasteiger partial charge in [-0.05, 0) is 72.8 Å². The fourth-order valence-electron chi connectivity index (χ4n) is 4.94. The summed E-state index contributed by atoms with van der Waals surface area (Å²) >= 11 is 0. The fourth-order valence-corrected chi connectivity index (χ4v) is 4.94. The first kappa shape index (κ1) is 26.8. The third kappa shape index (κ3) is 5.33. The number of aryl methyl sites for hydroxylation is 1. The minimum Gasteiger partial charge on any atom is -0.332 e. The zero-order valence-electron chi connectivity index (χ0n) is 17.2. The predicted octanol–water partition coefficient (Wildman–Crippen LogP) is 5.75. The third-order valence-electron chi connectivity index (χ3n) is 6.42. The molecule has 2 aromatic carbocycles. The quantitative estimate of drug-likeness (QED) is 0.376. The van der Waals surface area contributed by atoms with Gasteiger partial charge in [0, 0.05) is 98.1 Å². The van der Waals surface area contributed by atoms with Crippen molar-refractivity contribution in [3.63, 3.8) is 0 Å². The summed E-state index contributed by atoms with van der Waals surface area (Å²) in [6, 6.07) is 12.4. The number of benzene rings is 2. The molecule has 0 N–H and O–H groups in total.